The van der Waals surface area contributed by atoms with Gasteiger partial charge in [-0.05, 0) is 42.7 Å². The number of rotatable bonds is 5. The average Bonchev–Trinajstić information content (AvgIpc) is 3.23. The number of carbonyl (C=O) groups is 1. The molecule has 1 aromatic carbocycles. The second kappa shape index (κ2) is 6.41. The number of hydrogen-bond acceptors (Lipinski definition) is 3. The maximum Gasteiger partial charge on any atom is 0.232 e. The Morgan fingerprint density at radius 3 is 2.81 bits per heavy atom. The molecule has 1 saturated carbocycles. The first-order valence-electron chi connectivity index (χ1n) is 7.80. The highest BCUT2D eigenvalue weighted by Gasteiger charge is 2.41. The molecule has 0 bridgehead atoms. The average molecular weight is 304 g/mol. The van der Waals surface area contributed by atoms with E-state index in [4.69, 9.17) is 5.73 Å². The lowest BCUT2D eigenvalue weighted by Crippen LogP contribution is -2.33. The van der Waals surface area contributed by atoms with Gasteiger partial charge in [-0.3, -0.25) is 4.79 Å². The van der Waals surface area contributed by atoms with Gasteiger partial charge in [0.15, 0.2) is 0 Å². The molecule has 1 saturated heterocycles. The van der Waals surface area contributed by atoms with E-state index >= 15 is 0 Å². The first-order chi connectivity index (χ1) is 10.1. The molecule has 0 unspecified atom stereocenters. The molecule has 1 aromatic rings. The predicted molar refractivity (Wildman–Crippen MR) is 88.1 cm³/mol. The van der Waals surface area contributed by atoms with Gasteiger partial charge in [-0.2, -0.15) is 0 Å². The first kappa shape index (κ1) is 14.9. The normalized spacial score (nSPS) is 25.3. The Labute approximate surface area is 131 Å². The van der Waals surface area contributed by atoms with Crippen molar-refractivity contribution in [3.63, 3.8) is 0 Å². The molecule has 0 spiro atoms. The smallest absolute Gasteiger partial charge is 0.232 e. The molecule has 0 radical (unpaired) electrons. The van der Waals surface area contributed by atoms with Crippen LogP contribution < -0.4 is 5.73 Å². The number of nitrogens with zero attached hydrogens (tertiary/aromatic N) is 1. The molecule has 114 valence electrons. The Morgan fingerprint density at radius 1 is 1.33 bits per heavy atom. The molecule has 1 heterocycles. The predicted octanol–water partition coefficient (Wildman–Crippen LogP) is 2.42. The van der Waals surface area contributed by atoms with E-state index in [1.165, 1.54) is 24.0 Å². The van der Waals surface area contributed by atoms with E-state index in [1.807, 2.05) is 4.90 Å². The van der Waals surface area contributed by atoms with Crippen molar-refractivity contribution in [1.29, 1.82) is 0 Å². The molecule has 0 aromatic heterocycles. The highest BCUT2D eigenvalue weighted by atomic mass is 32.2. The first-order valence-corrected chi connectivity index (χ1v) is 8.96. The summed E-state index contributed by atoms with van der Waals surface area (Å²) in [6.07, 6.45) is 2.62. The molecular weight excluding hydrogens is 280 g/mol. The van der Waals surface area contributed by atoms with Crippen molar-refractivity contribution in [2.24, 2.45) is 17.6 Å². The van der Waals surface area contributed by atoms with E-state index < -0.39 is 0 Å². The number of hydrogen-bond donors (Lipinski definition) is 1. The molecule has 1 aliphatic heterocycles. The van der Waals surface area contributed by atoms with E-state index in [1.54, 1.807) is 11.8 Å². The molecule has 3 rings (SSSR count). The molecular formula is C17H24N2OS. The summed E-state index contributed by atoms with van der Waals surface area (Å²) in [6, 6.07) is 8.57. The minimum atomic E-state index is 0.197. The number of thioether (sulfide) groups is 1. The SMILES string of the molecule is Cc1ccccc1CSCC(=O)N1C[C@H](C2CC2)[C@@H](N)C1. The summed E-state index contributed by atoms with van der Waals surface area (Å²) >= 11 is 1.71. The summed E-state index contributed by atoms with van der Waals surface area (Å²) in [5.74, 6) is 3.07. The van der Waals surface area contributed by atoms with Gasteiger partial charge >= 0.3 is 0 Å². The fourth-order valence-corrected chi connectivity index (χ4v) is 4.20. The van der Waals surface area contributed by atoms with Crippen LogP contribution in [0.15, 0.2) is 24.3 Å². The van der Waals surface area contributed by atoms with Crippen LogP contribution in [-0.4, -0.2) is 35.7 Å². The van der Waals surface area contributed by atoms with Crippen LogP contribution >= 0.6 is 11.8 Å². The summed E-state index contributed by atoms with van der Waals surface area (Å²) in [6.45, 7) is 3.76. The summed E-state index contributed by atoms with van der Waals surface area (Å²) in [7, 11) is 0. The van der Waals surface area contributed by atoms with Crippen molar-refractivity contribution < 1.29 is 4.79 Å². The van der Waals surface area contributed by atoms with E-state index in [0.29, 0.717) is 11.7 Å². The van der Waals surface area contributed by atoms with Crippen LogP contribution in [0.4, 0.5) is 0 Å². The Kier molecular flexibility index (Phi) is 4.55. The summed E-state index contributed by atoms with van der Waals surface area (Å²) in [5, 5.41) is 0. The fraction of sp³-hybridized carbons (Fsp3) is 0.588. The molecule has 21 heavy (non-hydrogen) atoms. The quantitative estimate of drug-likeness (QED) is 0.909. The van der Waals surface area contributed by atoms with Crippen LogP contribution in [0.3, 0.4) is 0 Å². The maximum absolute atomic E-state index is 12.3. The van der Waals surface area contributed by atoms with E-state index in [0.717, 1.165) is 24.8 Å². The van der Waals surface area contributed by atoms with Crippen molar-refractivity contribution in [1.82, 2.24) is 4.90 Å². The number of amides is 1. The van der Waals surface area contributed by atoms with E-state index in [2.05, 4.69) is 31.2 Å². The van der Waals surface area contributed by atoms with Crippen molar-refractivity contribution in [3.8, 4) is 0 Å². The van der Waals surface area contributed by atoms with Gasteiger partial charge in [0.1, 0.15) is 0 Å². The van der Waals surface area contributed by atoms with Crippen LogP contribution in [-0.2, 0) is 10.5 Å². The number of likely N-dealkylation sites (tertiary alicyclic amines) is 1. The van der Waals surface area contributed by atoms with Crippen LogP contribution in [0, 0.1) is 18.8 Å². The molecule has 1 aliphatic carbocycles. The van der Waals surface area contributed by atoms with Crippen molar-refractivity contribution in [2.45, 2.75) is 31.6 Å². The molecule has 2 fully saturated rings. The van der Waals surface area contributed by atoms with E-state index in [-0.39, 0.29) is 11.9 Å². The lowest BCUT2D eigenvalue weighted by atomic mass is 9.99. The second-order valence-corrected chi connectivity index (χ2v) is 7.37. The summed E-state index contributed by atoms with van der Waals surface area (Å²) < 4.78 is 0. The number of nitrogens with two attached hydrogens (primary N) is 1. The van der Waals surface area contributed by atoms with E-state index in [9.17, 15) is 4.79 Å². The Balaban J connectivity index is 1.45. The van der Waals surface area contributed by atoms with Crippen molar-refractivity contribution in [2.75, 3.05) is 18.8 Å². The number of benzene rings is 1. The Bertz CT molecular complexity index is 515. The van der Waals surface area contributed by atoms with Gasteiger partial charge in [-0.15, -0.1) is 11.8 Å². The van der Waals surface area contributed by atoms with Gasteiger partial charge in [0.05, 0.1) is 5.75 Å². The molecule has 1 amide bonds. The van der Waals surface area contributed by atoms with Gasteiger partial charge in [0, 0.05) is 24.9 Å². The van der Waals surface area contributed by atoms with Crippen LogP contribution in [0.2, 0.25) is 0 Å². The van der Waals surface area contributed by atoms with Gasteiger partial charge in [0.25, 0.3) is 0 Å². The molecule has 4 heteroatoms. The second-order valence-electron chi connectivity index (χ2n) is 6.38. The minimum Gasteiger partial charge on any atom is -0.340 e. The zero-order chi connectivity index (χ0) is 14.8. The largest absolute Gasteiger partial charge is 0.340 e. The highest BCUT2D eigenvalue weighted by Crippen LogP contribution is 2.40. The third-order valence-corrected chi connectivity index (χ3v) is 5.70. The zero-order valence-electron chi connectivity index (χ0n) is 12.6. The third-order valence-electron chi connectivity index (χ3n) is 4.74. The standard InChI is InChI=1S/C17H24N2OS/c1-12-4-2-3-5-14(12)10-21-11-17(20)19-8-15(13-6-7-13)16(18)9-19/h2-5,13,15-16H,6-11,18H2,1H3/t15-,16+/m1/s1. The fourth-order valence-electron chi connectivity index (χ4n) is 3.19. The zero-order valence-corrected chi connectivity index (χ0v) is 13.4. The van der Waals surface area contributed by atoms with Crippen LogP contribution in [0.25, 0.3) is 0 Å². The molecule has 2 atom stereocenters. The number of aryl methyl sites for hydroxylation is 1. The van der Waals surface area contributed by atoms with Crippen molar-refractivity contribution >= 4 is 17.7 Å². The van der Waals surface area contributed by atoms with Crippen LogP contribution in [0.5, 0.6) is 0 Å². The van der Waals surface area contributed by atoms with Crippen LogP contribution in [0.1, 0.15) is 24.0 Å². The Morgan fingerprint density at radius 2 is 2.10 bits per heavy atom. The lowest BCUT2D eigenvalue weighted by Gasteiger charge is -2.16. The van der Waals surface area contributed by atoms with Gasteiger partial charge < -0.3 is 10.6 Å². The van der Waals surface area contributed by atoms with Gasteiger partial charge in [-0.25, -0.2) is 0 Å². The molecule has 3 nitrogen and oxygen atoms in total. The van der Waals surface area contributed by atoms with Crippen molar-refractivity contribution in [3.05, 3.63) is 35.4 Å². The lowest BCUT2D eigenvalue weighted by molar-refractivity contribution is -0.127. The minimum absolute atomic E-state index is 0.197. The highest BCUT2D eigenvalue weighted by molar-refractivity contribution is 7.99. The molecule has 2 aliphatic rings. The monoisotopic (exact) mass is 304 g/mol. The maximum atomic E-state index is 12.3. The molecule has 2 N–H and O–H groups in total. The number of carbonyl (C=O) groups excluding carboxylic acids is 1. The third kappa shape index (κ3) is 3.61. The van der Waals surface area contributed by atoms with Gasteiger partial charge in [0.2, 0.25) is 5.91 Å². The summed E-state index contributed by atoms with van der Waals surface area (Å²) in [5.41, 5.74) is 8.81. The topological polar surface area (TPSA) is 46.3 Å². The van der Waals surface area contributed by atoms with Gasteiger partial charge in [-0.1, -0.05) is 24.3 Å². The summed E-state index contributed by atoms with van der Waals surface area (Å²) in [4.78, 5) is 14.3. The Hall–Kier alpha value is -1.00.